The molecule has 0 spiro atoms. The Morgan fingerprint density at radius 1 is 1.40 bits per heavy atom. The molecule has 1 aromatic carbocycles. The van der Waals surface area contributed by atoms with E-state index >= 15 is 0 Å². The molecule has 1 aromatic heterocycles. The minimum absolute atomic E-state index is 0.0690. The molecule has 0 radical (unpaired) electrons. The van der Waals surface area contributed by atoms with Crippen molar-refractivity contribution in [2.45, 2.75) is 38.8 Å². The number of rotatable bonds is 6. The lowest BCUT2D eigenvalue weighted by Crippen LogP contribution is -2.38. The van der Waals surface area contributed by atoms with Crippen LogP contribution in [0.1, 0.15) is 26.2 Å². The van der Waals surface area contributed by atoms with Crippen LogP contribution in [0.3, 0.4) is 0 Å². The summed E-state index contributed by atoms with van der Waals surface area (Å²) in [5.74, 6) is 0.722. The Morgan fingerprint density at radius 2 is 2.20 bits per heavy atom. The van der Waals surface area contributed by atoms with Crippen molar-refractivity contribution in [3.8, 4) is 0 Å². The third-order valence-electron chi connectivity index (χ3n) is 3.97. The average molecular weight is 271 g/mol. The summed E-state index contributed by atoms with van der Waals surface area (Å²) in [7, 11) is 0. The Bertz CT molecular complexity index is 645. The summed E-state index contributed by atoms with van der Waals surface area (Å²) < 4.78 is 1.76. The highest BCUT2D eigenvalue weighted by Crippen LogP contribution is 2.33. The van der Waals surface area contributed by atoms with E-state index in [4.69, 9.17) is 0 Å². The molecular weight excluding hydrogens is 250 g/mol. The molecule has 3 rings (SSSR count). The lowest BCUT2D eigenvalue weighted by Gasteiger charge is -2.19. The van der Waals surface area contributed by atoms with Gasteiger partial charge < -0.3 is 5.32 Å². The van der Waals surface area contributed by atoms with Crippen LogP contribution in [0, 0.1) is 5.92 Å². The lowest BCUT2D eigenvalue weighted by atomic mass is 10.1. The van der Waals surface area contributed by atoms with Crippen LogP contribution in [0.5, 0.6) is 0 Å². The minimum atomic E-state index is 0.0690. The fourth-order valence-electron chi connectivity index (χ4n) is 2.66. The van der Waals surface area contributed by atoms with Crippen molar-refractivity contribution in [2.24, 2.45) is 5.92 Å². The molecule has 0 amide bonds. The number of fused-ring (bicyclic) bond motifs is 1. The molecule has 4 heteroatoms. The van der Waals surface area contributed by atoms with E-state index in [9.17, 15) is 4.79 Å². The highest BCUT2D eigenvalue weighted by atomic mass is 16.1. The smallest absolute Gasteiger partial charge is 0.261 e. The summed E-state index contributed by atoms with van der Waals surface area (Å²) >= 11 is 0. The summed E-state index contributed by atoms with van der Waals surface area (Å²) in [6.07, 6.45) is 5.36. The quantitative estimate of drug-likeness (QED) is 0.876. The Labute approximate surface area is 118 Å². The fourth-order valence-corrected chi connectivity index (χ4v) is 2.66. The van der Waals surface area contributed by atoms with Gasteiger partial charge in [0, 0.05) is 12.6 Å². The average Bonchev–Trinajstić information content (AvgIpc) is 3.30. The van der Waals surface area contributed by atoms with Gasteiger partial charge >= 0.3 is 0 Å². The third kappa shape index (κ3) is 2.75. The van der Waals surface area contributed by atoms with Gasteiger partial charge in [-0.2, -0.15) is 0 Å². The normalized spacial score (nSPS) is 16.4. The lowest BCUT2D eigenvalue weighted by molar-refractivity contribution is 0.401. The third-order valence-corrected chi connectivity index (χ3v) is 3.97. The van der Waals surface area contributed by atoms with E-state index in [1.807, 2.05) is 24.3 Å². The summed E-state index contributed by atoms with van der Waals surface area (Å²) in [6, 6.07) is 7.94. The summed E-state index contributed by atoms with van der Waals surface area (Å²) in [5.41, 5.74) is 0.845. The molecule has 0 saturated heterocycles. The minimum Gasteiger partial charge on any atom is -0.312 e. The van der Waals surface area contributed by atoms with Crippen LogP contribution in [0.15, 0.2) is 35.4 Å². The first-order chi connectivity index (χ1) is 9.79. The van der Waals surface area contributed by atoms with Gasteiger partial charge in [0.05, 0.1) is 17.2 Å². The van der Waals surface area contributed by atoms with E-state index in [-0.39, 0.29) is 5.56 Å². The van der Waals surface area contributed by atoms with Gasteiger partial charge in [-0.25, -0.2) is 4.98 Å². The van der Waals surface area contributed by atoms with Gasteiger partial charge in [-0.05, 0) is 43.9 Å². The second kappa shape index (κ2) is 5.75. The molecule has 1 aliphatic carbocycles. The van der Waals surface area contributed by atoms with Crippen LogP contribution in [-0.2, 0) is 6.54 Å². The van der Waals surface area contributed by atoms with E-state index in [0.29, 0.717) is 11.4 Å². The largest absolute Gasteiger partial charge is 0.312 e. The topological polar surface area (TPSA) is 46.9 Å². The van der Waals surface area contributed by atoms with E-state index in [1.54, 1.807) is 10.9 Å². The summed E-state index contributed by atoms with van der Waals surface area (Å²) in [5, 5.41) is 4.28. The van der Waals surface area contributed by atoms with E-state index in [1.165, 1.54) is 12.8 Å². The summed E-state index contributed by atoms with van der Waals surface area (Å²) in [6.45, 7) is 3.90. The number of nitrogens with one attached hydrogen (secondary N) is 1. The Hall–Kier alpha value is -1.68. The number of nitrogens with zero attached hydrogens (tertiary/aromatic N) is 2. The van der Waals surface area contributed by atoms with Crippen molar-refractivity contribution in [3.05, 3.63) is 40.9 Å². The fraction of sp³-hybridized carbons (Fsp3) is 0.500. The maximum atomic E-state index is 12.5. The molecule has 0 aliphatic heterocycles. The zero-order valence-corrected chi connectivity index (χ0v) is 11.9. The molecule has 1 atom stereocenters. The molecule has 106 valence electrons. The van der Waals surface area contributed by atoms with Gasteiger partial charge in [0.1, 0.15) is 0 Å². The first-order valence-electron chi connectivity index (χ1n) is 7.47. The van der Waals surface area contributed by atoms with E-state index in [0.717, 1.165) is 30.9 Å². The van der Waals surface area contributed by atoms with Gasteiger partial charge in [-0.3, -0.25) is 9.36 Å². The van der Waals surface area contributed by atoms with E-state index in [2.05, 4.69) is 17.2 Å². The van der Waals surface area contributed by atoms with Crippen molar-refractivity contribution in [2.75, 3.05) is 6.54 Å². The van der Waals surface area contributed by atoms with E-state index < -0.39 is 0 Å². The maximum Gasteiger partial charge on any atom is 0.261 e. The highest BCUT2D eigenvalue weighted by molar-refractivity contribution is 5.76. The van der Waals surface area contributed by atoms with Crippen LogP contribution >= 0.6 is 0 Å². The molecule has 1 unspecified atom stereocenters. The monoisotopic (exact) mass is 271 g/mol. The van der Waals surface area contributed by atoms with Crippen molar-refractivity contribution in [3.63, 3.8) is 0 Å². The van der Waals surface area contributed by atoms with Crippen molar-refractivity contribution < 1.29 is 0 Å². The SMILES string of the molecule is CCCNC(Cn1cnc2ccccc2c1=O)C1CC1. The molecule has 1 aliphatic rings. The molecule has 4 nitrogen and oxygen atoms in total. The number of hydrogen-bond acceptors (Lipinski definition) is 3. The van der Waals surface area contributed by atoms with Crippen molar-refractivity contribution in [1.29, 1.82) is 0 Å². The predicted molar refractivity (Wildman–Crippen MR) is 80.8 cm³/mol. The van der Waals surface area contributed by atoms with Crippen LogP contribution in [0.25, 0.3) is 10.9 Å². The van der Waals surface area contributed by atoms with Crippen molar-refractivity contribution in [1.82, 2.24) is 14.9 Å². The standard InChI is InChI=1S/C16H21N3O/c1-2-9-17-15(12-7-8-12)10-19-11-18-14-6-4-3-5-13(14)16(19)20/h3-6,11-12,15,17H,2,7-10H2,1H3. The zero-order chi connectivity index (χ0) is 13.9. The second-order valence-corrected chi connectivity index (χ2v) is 5.62. The molecule has 2 aromatic rings. The first kappa shape index (κ1) is 13.3. The molecular formula is C16H21N3O. The van der Waals surface area contributed by atoms with Gasteiger partial charge in [0.25, 0.3) is 5.56 Å². The van der Waals surface area contributed by atoms with Crippen LogP contribution in [0.4, 0.5) is 0 Å². The number of hydrogen-bond donors (Lipinski definition) is 1. The Balaban J connectivity index is 1.85. The molecule has 1 heterocycles. The van der Waals surface area contributed by atoms with Gasteiger partial charge in [0.2, 0.25) is 0 Å². The zero-order valence-electron chi connectivity index (χ0n) is 11.9. The first-order valence-corrected chi connectivity index (χ1v) is 7.47. The van der Waals surface area contributed by atoms with Crippen LogP contribution < -0.4 is 10.9 Å². The van der Waals surface area contributed by atoms with Gasteiger partial charge in [0.15, 0.2) is 0 Å². The molecule has 20 heavy (non-hydrogen) atoms. The maximum absolute atomic E-state index is 12.5. The van der Waals surface area contributed by atoms with Gasteiger partial charge in [-0.15, -0.1) is 0 Å². The number of aromatic nitrogens is 2. The Kier molecular flexibility index (Phi) is 3.83. The van der Waals surface area contributed by atoms with Crippen molar-refractivity contribution >= 4 is 10.9 Å². The predicted octanol–water partition coefficient (Wildman–Crippen LogP) is 2.17. The molecule has 0 bridgehead atoms. The second-order valence-electron chi connectivity index (χ2n) is 5.62. The number of benzene rings is 1. The molecule has 1 N–H and O–H groups in total. The number of para-hydroxylation sites is 1. The Morgan fingerprint density at radius 3 is 2.95 bits per heavy atom. The highest BCUT2D eigenvalue weighted by Gasteiger charge is 2.31. The van der Waals surface area contributed by atoms with Gasteiger partial charge in [-0.1, -0.05) is 19.1 Å². The summed E-state index contributed by atoms with van der Waals surface area (Å²) in [4.78, 5) is 16.9. The van der Waals surface area contributed by atoms with Crippen LogP contribution in [-0.4, -0.2) is 22.1 Å². The molecule has 1 fully saturated rings. The van der Waals surface area contributed by atoms with Crippen LogP contribution in [0.2, 0.25) is 0 Å². The molecule has 1 saturated carbocycles.